The molecule has 3 rings (SSSR count). The molecule has 15 nitrogen and oxygen atoms in total. The van der Waals surface area contributed by atoms with E-state index < -0.39 is 84.6 Å². The average molecular weight is 540 g/mol. The highest BCUT2D eigenvalue weighted by molar-refractivity contribution is 5.97. The fraction of sp³-hybridized carbons (Fsp3) is 0.696. The number of hydrogen-bond donors (Lipinski definition) is 6. The molecule has 0 spiro atoms. The van der Waals surface area contributed by atoms with Crippen molar-refractivity contribution in [3.05, 3.63) is 0 Å². The van der Waals surface area contributed by atoms with Gasteiger partial charge in [-0.2, -0.15) is 0 Å². The Hall–Kier alpha value is -3.75. The molecule has 0 saturated carbocycles. The molecule has 210 valence electrons. The molecule has 5 atom stereocenters. The molecule has 15 heteroatoms. The van der Waals surface area contributed by atoms with Crippen LogP contribution in [0, 0.1) is 0 Å². The van der Waals surface area contributed by atoms with Crippen molar-refractivity contribution in [2.75, 3.05) is 19.6 Å². The van der Waals surface area contributed by atoms with Gasteiger partial charge < -0.3 is 41.1 Å². The van der Waals surface area contributed by atoms with Crippen LogP contribution in [0.5, 0.6) is 0 Å². The number of aliphatic carboxylic acids is 3. The van der Waals surface area contributed by atoms with Gasteiger partial charge in [0.2, 0.25) is 23.6 Å². The molecule has 0 aromatic rings. The van der Waals surface area contributed by atoms with Gasteiger partial charge in [-0.05, 0) is 45.1 Å². The van der Waals surface area contributed by atoms with Crippen LogP contribution in [-0.4, -0.2) is 116 Å². The maximum absolute atomic E-state index is 13.3. The molecule has 4 amide bonds. The maximum Gasteiger partial charge on any atom is 0.326 e. The standard InChI is InChI=1S/C23H33N5O10/c29-17(30)10-13(25-19(33)12-4-1-7-24-12)21(35)27-8-2-5-15(27)20(34)26-14(11-18(31)32)22(36)28-9-3-6-16(28)23(37)38/h12-16,24H,1-11H2,(H,25,33)(H,26,34)(H,29,30)(H,31,32)(H,37,38)/t12-,13-,14-,15-,16-/m0/s1. The van der Waals surface area contributed by atoms with Crippen LogP contribution in [0.15, 0.2) is 0 Å². The van der Waals surface area contributed by atoms with Gasteiger partial charge >= 0.3 is 17.9 Å². The minimum Gasteiger partial charge on any atom is -0.481 e. The minimum atomic E-state index is -1.56. The minimum absolute atomic E-state index is 0.0926. The van der Waals surface area contributed by atoms with Gasteiger partial charge in [0.1, 0.15) is 24.2 Å². The summed E-state index contributed by atoms with van der Waals surface area (Å²) in [6.45, 7) is 0.808. The summed E-state index contributed by atoms with van der Waals surface area (Å²) >= 11 is 0. The summed E-state index contributed by atoms with van der Waals surface area (Å²) in [6.07, 6.45) is 0.963. The monoisotopic (exact) mass is 539 g/mol. The molecule has 6 N–H and O–H groups in total. The quantitative estimate of drug-likeness (QED) is 0.164. The number of carbonyl (C=O) groups excluding carboxylic acids is 4. The van der Waals surface area contributed by atoms with Crippen molar-refractivity contribution in [2.45, 2.75) is 81.6 Å². The molecule has 0 bridgehead atoms. The van der Waals surface area contributed by atoms with Crippen LogP contribution in [0.4, 0.5) is 0 Å². The normalized spacial score (nSPS) is 24.5. The Morgan fingerprint density at radius 1 is 0.711 bits per heavy atom. The molecule has 3 heterocycles. The van der Waals surface area contributed by atoms with Gasteiger partial charge in [0.25, 0.3) is 0 Å². The zero-order valence-electron chi connectivity index (χ0n) is 20.8. The van der Waals surface area contributed by atoms with Crippen LogP contribution in [0.2, 0.25) is 0 Å². The van der Waals surface area contributed by atoms with Crippen molar-refractivity contribution < 1.29 is 48.9 Å². The summed E-state index contributed by atoms with van der Waals surface area (Å²) in [5.41, 5.74) is 0. The van der Waals surface area contributed by atoms with E-state index in [-0.39, 0.29) is 25.9 Å². The van der Waals surface area contributed by atoms with E-state index in [1.54, 1.807) is 0 Å². The lowest BCUT2D eigenvalue weighted by atomic mass is 10.1. The van der Waals surface area contributed by atoms with E-state index in [1.807, 2.05) is 0 Å². The summed E-state index contributed by atoms with van der Waals surface area (Å²) in [5.74, 6) is -6.91. The molecule has 0 aromatic carbocycles. The van der Waals surface area contributed by atoms with E-state index in [0.717, 1.165) is 16.2 Å². The van der Waals surface area contributed by atoms with Crippen LogP contribution in [0.25, 0.3) is 0 Å². The van der Waals surface area contributed by atoms with Crippen molar-refractivity contribution in [3.63, 3.8) is 0 Å². The molecule has 0 unspecified atom stereocenters. The van der Waals surface area contributed by atoms with E-state index in [2.05, 4.69) is 16.0 Å². The average Bonchev–Trinajstić information content (AvgIpc) is 3.62. The Labute approximate surface area is 217 Å². The third kappa shape index (κ3) is 6.96. The molecule has 3 aliphatic heterocycles. The smallest absolute Gasteiger partial charge is 0.326 e. The summed E-state index contributed by atoms with van der Waals surface area (Å²) in [5, 5.41) is 35.8. The first-order chi connectivity index (χ1) is 18.0. The fourth-order valence-electron chi connectivity index (χ4n) is 5.19. The van der Waals surface area contributed by atoms with Crippen LogP contribution >= 0.6 is 0 Å². The van der Waals surface area contributed by atoms with Crippen molar-refractivity contribution in [1.29, 1.82) is 0 Å². The number of hydrogen-bond acceptors (Lipinski definition) is 8. The van der Waals surface area contributed by atoms with Crippen molar-refractivity contribution >= 4 is 41.5 Å². The summed E-state index contributed by atoms with van der Waals surface area (Å²) in [7, 11) is 0. The van der Waals surface area contributed by atoms with Crippen LogP contribution < -0.4 is 16.0 Å². The first-order valence-electron chi connectivity index (χ1n) is 12.6. The van der Waals surface area contributed by atoms with Crippen molar-refractivity contribution in [3.8, 4) is 0 Å². The number of carboxylic acids is 3. The lowest BCUT2D eigenvalue weighted by molar-refractivity contribution is -0.151. The molecule has 3 saturated heterocycles. The van der Waals surface area contributed by atoms with Gasteiger partial charge in [0.05, 0.1) is 18.9 Å². The van der Waals surface area contributed by atoms with Gasteiger partial charge in [-0.25, -0.2) is 4.79 Å². The molecular weight excluding hydrogens is 506 g/mol. The first kappa shape index (κ1) is 28.8. The van der Waals surface area contributed by atoms with Crippen molar-refractivity contribution in [2.24, 2.45) is 0 Å². The van der Waals surface area contributed by atoms with E-state index in [4.69, 9.17) is 0 Å². The van der Waals surface area contributed by atoms with Gasteiger partial charge in [0.15, 0.2) is 0 Å². The lowest BCUT2D eigenvalue weighted by Gasteiger charge is -2.31. The number of carboxylic acid groups (broad SMARTS) is 3. The SMILES string of the molecule is O=C(O)C[C@H](NC(=O)[C@@H]1CCCN1C(=O)[C@H](CC(=O)O)NC(=O)[C@@H]1CCCN1)C(=O)N1CCC[C@H]1C(=O)O. The number of carbonyl (C=O) groups is 7. The third-order valence-corrected chi connectivity index (χ3v) is 7.02. The van der Waals surface area contributed by atoms with Gasteiger partial charge in [-0.15, -0.1) is 0 Å². The van der Waals surface area contributed by atoms with Crippen LogP contribution in [0.3, 0.4) is 0 Å². The molecule has 3 fully saturated rings. The molecular formula is C23H33N5O10. The Morgan fingerprint density at radius 3 is 1.68 bits per heavy atom. The molecule has 38 heavy (non-hydrogen) atoms. The summed E-state index contributed by atoms with van der Waals surface area (Å²) in [6, 6.07) is -5.79. The number of rotatable bonds is 11. The van der Waals surface area contributed by atoms with Crippen LogP contribution in [0.1, 0.15) is 51.4 Å². The first-order valence-corrected chi connectivity index (χ1v) is 12.6. The lowest BCUT2D eigenvalue weighted by Crippen LogP contribution is -2.58. The Kier molecular flexibility index (Phi) is 9.61. The Bertz CT molecular complexity index is 982. The number of nitrogens with zero attached hydrogens (tertiary/aromatic N) is 2. The zero-order chi connectivity index (χ0) is 28.0. The predicted octanol–water partition coefficient (Wildman–Crippen LogP) is -2.28. The number of likely N-dealkylation sites (tertiary alicyclic amines) is 2. The Balaban J connectivity index is 1.72. The zero-order valence-corrected chi connectivity index (χ0v) is 20.8. The second kappa shape index (κ2) is 12.7. The third-order valence-electron chi connectivity index (χ3n) is 7.02. The van der Waals surface area contributed by atoms with E-state index in [1.165, 1.54) is 0 Å². The van der Waals surface area contributed by atoms with Crippen LogP contribution in [-0.2, 0) is 33.6 Å². The van der Waals surface area contributed by atoms with Gasteiger partial charge in [-0.3, -0.25) is 28.8 Å². The van der Waals surface area contributed by atoms with E-state index >= 15 is 0 Å². The second-order valence-electron chi connectivity index (χ2n) is 9.68. The predicted molar refractivity (Wildman–Crippen MR) is 126 cm³/mol. The largest absolute Gasteiger partial charge is 0.481 e. The fourth-order valence-corrected chi connectivity index (χ4v) is 5.19. The molecule has 3 aliphatic rings. The molecule has 0 aromatic heterocycles. The highest BCUT2D eigenvalue weighted by Gasteiger charge is 2.42. The highest BCUT2D eigenvalue weighted by Crippen LogP contribution is 2.22. The van der Waals surface area contributed by atoms with Crippen molar-refractivity contribution in [1.82, 2.24) is 25.8 Å². The Morgan fingerprint density at radius 2 is 1.21 bits per heavy atom. The summed E-state index contributed by atoms with van der Waals surface area (Å²) in [4.78, 5) is 88.5. The molecule has 0 aliphatic carbocycles. The van der Waals surface area contributed by atoms with E-state index in [9.17, 15) is 48.9 Å². The maximum atomic E-state index is 13.3. The second-order valence-corrected chi connectivity index (χ2v) is 9.68. The molecule has 0 radical (unpaired) electrons. The van der Waals surface area contributed by atoms with Gasteiger partial charge in [0, 0.05) is 13.1 Å². The summed E-state index contributed by atoms with van der Waals surface area (Å²) < 4.78 is 0. The topological polar surface area (TPSA) is 223 Å². The van der Waals surface area contributed by atoms with Gasteiger partial charge in [-0.1, -0.05) is 0 Å². The highest BCUT2D eigenvalue weighted by atomic mass is 16.4. The number of amides is 4. The van der Waals surface area contributed by atoms with E-state index in [0.29, 0.717) is 25.8 Å². The number of nitrogens with one attached hydrogen (secondary N) is 3.